The highest BCUT2D eigenvalue weighted by Gasteiger charge is 2.33. The zero-order valence-corrected chi connectivity index (χ0v) is 15.8. The van der Waals surface area contributed by atoms with E-state index in [1.54, 1.807) is 23.1 Å². The summed E-state index contributed by atoms with van der Waals surface area (Å²) in [7, 11) is -3.00. The summed E-state index contributed by atoms with van der Waals surface area (Å²) in [5.74, 6) is 0.685. The van der Waals surface area contributed by atoms with Gasteiger partial charge in [-0.05, 0) is 31.9 Å². The minimum absolute atomic E-state index is 0.0413. The fraction of sp³-hybridized carbons (Fsp3) is 0.562. The van der Waals surface area contributed by atoms with Gasteiger partial charge in [0, 0.05) is 19.0 Å². The maximum Gasteiger partial charge on any atom is 0.222 e. The van der Waals surface area contributed by atoms with Gasteiger partial charge in [-0.2, -0.15) is 0 Å². The summed E-state index contributed by atoms with van der Waals surface area (Å²) in [6, 6.07) is 4.94. The maximum atomic E-state index is 12.3. The van der Waals surface area contributed by atoms with Gasteiger partial charge in [-0.25, -0.2) is 8.42 Å². The third kappa shape index (κ3) is 5.01. The summed E-state index contributed by atoms with van der Waals surface area (Å²) < 4.78 is 28.7. The molecule has 1 atom stereocenters. The van der Waals surface area contributed by atoms with Crippen molar-refractivity contribution >= 4 is 38.9 Å². The van der Waals surface area contributed by atoms with Crippen molar-refractivity contribution in [3.63, 3.8) is 0 Å². The number of rotatable bonds is 7. The van der Waals surface area contributed by atoms with E-state index in [0.717, 1.165) is 0 Å². The van der Waals surface area contributed by atoms with Crippen LogP contribution in [0, 0.1) is 0 Å². The highest BCUT2D eigenvalue weighted by Crippen LogP contribution is 2.31. The SMILES string of the molecule is CCN(C(=O)CCCOc1cccc(Cl)c1Cl)C1CCS(=O)(=O)C1. The Morgan fingerprint density at radius 2 is 2.12 bits per heavy atom. The van der Waals surface area contributed by atoms with Crippen LogP contribution in [0.2, 0.25) is 10.0 Å². The van der Waals surface area contributed by atoms with Gasteiger partial charge in [0.15, 0.2) is 9.84 Å². The van der Waals surface area contributed by atoms with Gasteiger partial charge in [0.05, 0.1) is 23.1 Å². The monoisotopic (exact) mass is 393 g/mol. The topological polar surface area (TPSA) is 63.7 Å². The second kappa shape index (κ2) is 8.41. The molecule has 0 aliphatic carbocycles. The second-order valence-corrected chi connectivity index (χ2v) is 8.75. The minimum Gasteiger partial charge on any atom is -0.492 e. The van der Waals surface area contributed by atoms with Crippen molar-refractivity contribution in [2.75, 3.05) is 24.7 Å². The number of halogens is 2. The Labute approximate surface area is 152 Å². The molecule has 1 aliphatic rings. The summed E-state index contributed by atoms with van der Waals surface area (Å²) >= 11 is 11.9. The van der Waals surface area contributed by atoms with E-state index in [2.05, 4.69) is 0 Å². The van der Waals surface area contributed by atoms with Crippen LogP contribution in [0.15, 0.2) is 18.2 Å². The van der Waals surface area contributed by atoms with E-state index in [0.29, 0.717) is 48.2 Å². The molecule has 0 N–H and O–H groups in total. The van der Waals surface area contributed by atoms with Crippen LogP contribution in [-0.4, -0.2) is 49.9 Å². The lowest BCUT2D eigenvalue weighted by atomic mass is 10.2. The number of carbonyl (C=O) groups is 1. The average molecular weight is 394 g/mol. The number of hydrogen-bond acceptors (Lipinski definition) is 4. The predicted octanol–water partition coefficient (Wildman–Crippen LogP) is 3.19. The second-order valence-electron chi connectivity index (χ2n) is 5.74. The van der Waals surface area contributed by atoms with Crippen LogP contribution in [-0.2, 0) is 14.6 Å². The van der Waals surface area contributed by atoms with Gasteiger partial charge >= 0.3 is 0 Å². The third-order valence-electron chi connectivity index (χ3n) is 4.02. The van der Waals surface area contributed by atoms with Crippen molar-refractivity contribution in [3.8, 4) is 5.75 Å². The molecule has 1 saturated heterocycles. The van der Waals surface area contributed by atoms with Crippen molar-refractivity contribution < 1.29 is 17.9 Å². The molecular formula is C16H21Cl2NO4S. The number of sulfone groups is 1. The molecule has 0 radical (unpaired) electrons. The summed E-state index contributed by atoms with van der Waals surface area (Å²) in [6.07, 6.45) is 1.36. The Morgan fingerprint density at radius 3 is 2.75 bits per heavy atom. The molecule has 134 valence electrons. The highest BCUT2D eigenvalue weighted by molar-refractivity contribution is 7.91. The molecule has 0 bridgehead atoms. The highest BCUT2D eigenvalue weighted by atomic mass is 35.5. The zero-order valence-electron chi connectivity index (χ0n) is 13.5. The molecule has 8 heteroatoms. The van der Waals surface area contributed by atoms with Gasteiger partial charge in [-0.3, -0.25) is 4.79 Å². The lowest BCUT2D eigenvalue weighted by molar-refractivity contribution is -0.133. The number of nitrogens with zero attached hydrogens (tertiary/aromatic N) is 1. The minimum atomic E-state index is -3.00. The summed E-state index contributed by atoms with van der Waals surface area (Å²) in [5, 5.41) is 0.779. The van der Waals surface area contributed by atoms with E-state index < -0.39 is 9.84 Å². The lowest BCUT2D eigenvalue weighted by Gasteiger charge is -2.27. The predicted molar refractivity (Wildman–Crippen MR) is 95.6 cm³/mol. The van der Waals surface area contributed by atoms with E-state index in [1.165, 1.54) is 0 Å². The molecule has 0 spiro atoms. The van der Waals surface area contributed by atoms with Crippen LogP contribution in [0.3, 0.4) is 0 Å². The Bertz CT molecular complexity index is 693. The largest absolute Gasteiger partial charge is 0.492 e. The Kier molecular flexibility index (Phi) is 6.78. The van der Waals surface area contributed by atoms with Gasteiger partial charge < -0.3 is 9.64 Å². The molecule has 2 rings (SSSR count). The van der Waals surface area contributed by atoms with Crippen LogP contribution in [0.5, 0.6) is 5.75 Å². The zero-order chi connectivity index (χ0) is 17.7. The van der Waals surface area contributed by atoms with Crippen LogP contribution in [0.1, 0.15) is 26.2 Å². The standard InChI is InChI=1S/C16H21Cl2NO4S/c1-2-19(12-8-10-24(21,22)11-12)15(20)7-4-9-23-14-6-3-5-13(17)16(14)18/h3,5-6,12H,2,4,7-11H2,1H3. The molecule has 1 unspecified atom stereocenters. The van der Waals surface area contributed by atoms with Crippen molar-refractivity contribution in [1.82, 2.24) is 4.90 Å². The van der Waals surface area contributed by atoms with Crippen molar-refractivity contribution in [2.24, 2.45) is 0 Å². The van der Waals surface area contributed by atoms with Crippen LogP contribution in [0.4, 0.5) is 0 Å². The first kappa shape index (κ1) is 19.3. The summed E-state index contributed by atoms with van der Waals surface area (Å²) in [6.45, 7) is 2.72. The molecule has 1 aliphatic heterocycles. The van der Waals surface area contributed by atoms with E-state index >= 15 is 0 Å². The lowest BCUT2D eigenvalue weighted by Crippen LogP contribution is -2.41. The molecule has 0 saturated carbocycles. The number of amides is 1. The Morgan fingerprint density at radius 1 is 1.38 bits per heavy atom. The molecule has 1 heterocycles. The first-order chi connectivity index (χ1) is 11.3. The van der Waals surface area contributed by atoms with E-state index in [9.17, 15) is 13.2 Å². The first-order valence-electron chi connectivity index (χ1n) is 7.90. The molecule has 1 aromatic rings. The third-order valence-corrected chi connectivity index (χ3v) is 6.57. The maximum absolute atomic E-state index is 12.3. The quantitative estimate of drug-likeness (QED) is 0.667. The number of carbonyl (C=O) groups excluding carboxylic acids is 1. The summed E-state index contributed by atoms with van der Waals surface area (Å²) in [4.78, 5) is 14.0. The van der Waals surface area contributed by atoms with Crippen LogP contribution < -0.4 is 4.74 Å². The van der Waals surface area contributed by atoms with Gasteiger partial charge in [-0.15, -0.1) is 0 Å². The van der Waals surface area contributed by atoms with Crippen LogP contribution >= 0.6 is 23.2 Å². The van der Waals surface area contributed by atoms with E-state index in [1.807, 2.05) is 6.92 Å². The summed E-state index contributed by atoms with van der Waals surface area (Å²) in [5.41, 5.74) is 0. The Hall–Kier alpha value is -0.980. The average Bonchev–Trinajstić information content (AvgIpc) is 2.88. The fourth-order valence-electron chi connectivity index (χ4n) is 2.80. The molecule has 1 aromatic carbocycles. The van der Waals surface area contributed by atoms with Gasteiger partial charge in [0.25, 0.3) is 0 Å². The van der Waals surface area contributed by atoms with Crippen molar-refractivity contribution in [1.29, 1.82) is 0 Å². The fourth-order valence-corrected chi connectivity index (χ4v) is 4.88. The number of benzene rings is 1. The normalized spacial score (nSPS) is 19.2. The van der Waals surface area contributed by atoms with Gasteiger partial charge in [-0.1, -0.05) is 29.3 Å². The Balaban J connectivity index is 1.81. The molecular weight excluding hydrogens is 373 g/mol. The molecule has 1 fully saturated rings. The molecule has 5 nitrogen and oxygen atoms in total. The van der Waals surface area contributed by atoms with Crippen molar-refractivity contribution in [2.45, 2.75) is 32.2 Å². The molecule has 0 aromatic heterocycles. The van der Waals surface area contributed by atoms with Gasteiger partial charge in [0.1, 0.15) is 10.8 Å². The first-order valence-corrected chi connectivity index (χ1v) is 10.5. The van der Waals surface area contributed by atoms with Crippen molar-refractivity contribution in [3.05, 3.63) is 28.2 Å². The molecule has 24 heavy (non-hydrogen) atoms. The number of ether oxygens (including phenoxy) is 1. The molecule has 1 amide bonds. The smallest absolute Gasteiger partial charge is 0.222 e. The van der Waals surface area contributed by atoms with E-state index in [4.69, 9.17) is 27.9 Å². The number of hydrogen-bond donors (Lipinski definition) is 0. The van der Waals surface area contributed by atoms with E-state index in [-0.39, 0.29) is 23.5 Å². The van der Waals surface area contributed by atoms with Crippen LogP contribution in [0.25, 0.3) is 0 Å². The van der Waals surface area contributed by atoms with Gasteiger partial charge in [0.2, 0.25) is 5.91 Å².